The topological polar surface area (TPSA) is 98.7 Å². The van der Waals surface area contributed by atoms with Crippen molar-refractivity contribution in [2.45, 2.75) is 30.7 Å². The Kier molecular flexibility index (Phi) is 7.65. The first-order valence-corrected chi connectivity index (χ1v) is 14.6. The number of nitrogens with zero attached hydrogens (tertiary/aromatic N) is 5. The molecule has 3 heterocycles. The molecule has 9 nitrogen and oxygen atoms in total. The van der Waals surface area contributed by atoms with Crippen molar-refractivity contribution >= 4 is 56.3 Å². The van der Waals surface area contributed by atoms with Gasteiger partial charge in [-0.05, 0) is 67.8 Å². The highest BCUT2D eigenvalue weighted by molar-refractivity contribution is 7.92. The Morgan fingerprint density at radius 1 is 1.00 bits per heavy atom. The Balaban J connectivity index is 1.19. The maximum atomic E-state index is 13.4. The van der Waals surface area contributed by atoms with Gasteiger partial charge in [0.05, 0.1) is 17.3 Å². The van der Waals surface area contributed by atoms with E-state index in [9.17, 15) is 13.2 Å². The number of nitrogens with one attached hydrogen (secondary N) is 1. The molecule has 1 fully saturated rings. The predicted octanol–water partition coefficient (Wildman–Crippen LogP) is 4.07. The van der Waals surface area contributed by atoms with Gasteiger partial charge in [0, 0.05) is 49.1 Å². The first-order chi connectivity index (χ1) is 18.2. The van der Waals surface area contributed by atoms with Crippen LogP contribution >= 0.6 is 23.2 Å². The lowest BCUT2D eigenvalue weighted by molar-refractivity contribution is -0.132. The third kappa shape index (κ3) is 5.67. The van der Waals surface area contributed by atoms with Gasteiger partial charge in [0.25, 0.3) is 10.0 Å². The van der Waals surface area contributed by atoms with Crippen molar-refractivity contribution in [3.8, 4) is 0 Å². The van der Waals surface area contributed by atoms with Crippen LogP contribution < -0.4 is 14.5 Å². The minimum atomic E-state index is -3.84. The van der Waals surface area contributed by atoms with Gasteiger partial charge in [-0.2, -0.15) is 0 Å². The van der Waals surface area contributed by atoms with Crippen LogP contribution in [0.1, 0.15) is 18.9 Å². The second-order valence-corrected chi connectivity index (χ2v) is 11.9. The highest BCUT2D eigenvalue weighted by atomic mass is 35.5. The molecule has 0 saturated carbocycles. The molecule has 0 unspecified atom stereocenters. The number of halogens is 2. The van der Waals surface area contributed by atoms with Gasteiger partial charge in [-0.25, -0.2) is 13.4 Å². The molecule has 1 aromatic heterocycles. The van der Waals surface area contributed by atoms with Crippen LogP contribution in [0, 0.1) is 0 Å². The molecular weight excluding hydrogens is 547 g/mol. The number of hydrogen-bond acceptors (Lipinski definition) is 7. The van der Waals surface area contributed by atoms with E-state index >= 15 is 0 Å². The lowest BCUT2D eigenvalue weighted by Crippen LogP contribution is -2.55. The van der Waals surface area contributed by atoms with E-state index in [-0.39, 0.29) is 27.8 Å². The van der Waals surface area contributed by atoms with Crippen LogP contribution in [0.15, 0.2) is 59.8 Å². The third-order valence-electron chi connectivity index (χ3n) is 6.97. The van der Waals surface area contributed by atoms with Crippen LogP contribution in [0.5, 0.6) is 0 Å². The van der Waals surface area contributed by atoms with Crippen LogP contribution in [-0.2, 0) is 21.2 Å². The average Bonchev–Trinajstić information content (AvgIpc) is 2.91. The summed E-state index contributed by atoms with van der Waals surface area (Å²) in [5, 5.41) is 0.816. The fourth-order valence-corrected chi connectivity index (χ4v) is 6.33. The molecule has 0 bridgehead atoms. The standard InChI is InChI=1S/C26H28Cl2N6O3S/c1-18(34-10-2-3-19-15-20(27)4-9-23(19)34)26(35)33-13-11-32(12-14-33)21-5-7-22(8-6-21)38(36,37)31-25-17-29-16-24(28)30-25/h4-9,15-18H,2-3,10-14H2,1H3,(H,30,31)/t18-/m1/s1. The lowest BCUT2D eigenvalue weighted by atomic mass is 10.00. The molecule has 1 atom stereocenters. The minimum Gasteiger partial charge on any atom is -0.368 e. The van der Waals surface area contributed by atoms with E-state index in [0.29, 0.717) is 26.2 Å². The van der Waals surface area contributed by atoms with E-state index in [2.05, 4.69) is 24.5 Å². The molecule has 0 spiro atoms. The fraction of sp³-hybridized carbons (Fsp3) is 0.346. The highest BCUT2D eigenvalue weighted by Crippen LogP contribution is 2.31. The number of aromatic nitrogens is 2. The van der Waals surface area contributed by atoms with Crippen molar-refractivity contribution in [3.63, 3.8) is 0 Å². The second-order valence-electron chi connectivity index (χ2n) is 9.38. The molecule has 2 aromatic carbocycles. The van der Waals surface area contributed by atoms with Gasteiger partial charge in [-0.3, -0.25) is 14.5 Å². The Morgan fingerprint density at radius 2 is 1.74 bits per heavy atom. The highest BCUT2D eigenvalue weighted by Gasteiger charge is 2.31. The number of aryl methyl sites for hydroxylation is 1. The fourth-order valence-electron chi connectivity index (χ4n) is 5.00. The summed E-state index contributed by atoms with van der Waals surface area (Å²) in [5.41, 5.74) is 3.18. The van der Waals surface area contributed by atoms with E-state index in [4.69, 9.17) is 23.2 Å². The number of sulfonamides is 1. The zero-order chi connectivity index (χ0) is 26.9. The number of benzene rings is 2. The van der Waals surface area contributed by atoms with E-state index in [0.717, 1.165) is 35.8 Å². The molecule has 1 saturated heterocycles. The summed E-state index contributed by atoms with van der Waals surface area (Å²) in [7, 11) is -3.84. The van der Waals surface area contributed by atoms with E-state index in [1.807, 2.05) is 30.0 Å². The largest absolute Gasteiger partial charge is 0.368 e. The van der Waals surface area contributed by atoms with Crippen molar-refractivity contribution in [2.75, 3.05) is 47.2 Å². The normalized spacial score (nSPS) is 16.7. The summed E-state index contributed by atoms with van der Waals surface area (Å²) in [6, 6.07) is 12.3. The molecule has 1 N–H and O–H groups in total. The summed E-state index contributed by atoms with van der Waals surface area (Å²) in [6.45, 7) is 5.33. The number of amides is 1. The lowest BCUT2D eigenvalue weighted by Gasteiger charge is -2.41. The molecule has 3 aromatic rings. The summed E-state index contributed by atoms with van der Waals surface area (Å²) in [4.78, 5) is 27.5. The SMILES string of the molecule is C[C@H](C(=O)N1CCN(c2ccc(S(=O)(=O)Nc3cncc(Cl)n3)cc2)CC1)N1CCCc2cc(Cl)ccc21. The van der Waals surface area contributed by atoms with Crippen LogP contribution in [0.25, 0.3) is 0 Å². The molecule has 12 heteroatoms. The Morgan fingerprint density at radius 3 is 2.45 bits per heavy atom. The first kappa shape index (κ1) is 26.5. The van der Waals surface area contributed by atoms with Crippen LogP contribution in [-0.4, -0.2) is 68.0 Å². The molecule has 2 aliphatic rings. The molecule has 1 amide bonds. The zero-order valence-corrected chi connectivity index (χ0v) is 23.2. The van der Waals surface area contributed by atoms with E-state index in [1.165, 1.54) is 18.0 Å². The van der Waals surface area contributed by atoms with Gasteiger partial charge in [-0.15, -0.1) is 0 Å². The van der Waals surface area contributed by atoms with Crippen LogP contribution in [0.3, 0.4) is 0 Å². The molecule has 38 heavy (non-hydrogen) atoms. The molecule has 0 aliphatic carbocycles. The third-order valence-corrected chi connectivity index (χ3v) is 8.76. The van der Waals surface area contributed by atoms with Crippen molar-refractivity contribution in [1.82, 2.24) is 14.9 Å². The van der Waals surface area contributed by atoms with E-state index in [1.54, 1.807) is 24.3 Å². The summed E-state index contributed by atoms with van der Waals surface area (Å²) in [6.07, 6.45) is 4.58. The quantitative estimate of drug-likeness (QED) is 0.473. The predicted molar refractivity (Wildman–Crippen MR) is 150 cm³/mol. The second kappa shape index (κ2) is 11.0. The monoisotopic (exact) mass is 574 g/mol. The maximum Gasteiger partial charge on any atom is 0.263 e. The number of piperazine rings is 1. The molecular formula is C26H28Cl2N6O3S. The maximum absolute atomic E-state index is 13.4. The molecule has 0 radical (unpaired) electrons. The van der Waals surface area contributed by atoms with E-state index < -0.39 is 10.0 Å². The molecule has 5 rings (SSSR count). The smallest absolute Gasteiger partial charge is 0.263 e. The summed E-state index contributed by atoms with van der Waals surface area (Å²) in [5.74, 6) is 0.164. The number of carbonyl (C=O) groups is 1. The van der Waals surface area contributed by atoms with Crippen molar-refractivity contribution in [3.05, 3.63) is 70.6 Å². The number of rotatable bonds is 6. The van der Waals surface area contributed by atoms with Crippen molar-refractivity contribution in [2.24, 2.45) is 0 Å². The van der Waals surface area contributed by atoms with Crippen LogP contribution in [0.4, 0.5) is 17.2 Å². The van der Waals surface area contributed by atoms with Gasteiger partial charge in [0.1, 0.15) is 11.2 Å². The number of hydrogen-bond donors (Lipinski definition) is 1. The number of carbonyl (C=O) groups excluding carboxylic acids is 1. The summed E-state index contributed by atoms with van der Waals surface area (Å²) < 4.78 is 27.8. The van der Waals surface area contributed by atoms with Gasteiger partial charge in [0.2, 0.25) is 5.91 Å². The minimum absolute atomic E-state index is 0.0495. The molecule has 2 aliphatic heterocycles. The van der Waals surface area contributed by atoms with Gasteiger partial charge in [0.15, 0.2) is 5.82 Å². The first-order valence-electron chi connectivity index (χ1n) is 12.4. The Bertz CT molecular complexity index is 1430. The zero-order valence-electron chi connectivity index (χ0n) is 20.8. The number of fused-ring (bicyclic) bond motifs is 1. The average molecular weight is 576 g/mol. The Labute approximate surface area is 232 Å². The van der Waals surface area contributed by atoms with Gasteiger partial charge < -0.3 is 14.7 Å². The van der Waals surface area contributed by atoms with Crippen LogP contribution in [0.2, 0.25) is 10.2 Å². The molecule has 200 valence electrons. The van der Waals surface area contributed by atoms with Gasteiger partial charge >= 0.3 is 0 Å². The van der Waals surface area contributed by atoms with Crippen molar-refractivity contribution in [1.29, 1.82) is 0 Å². The Hall–Kier alpha value is -3.08. The van der Waals surface area contributed by atoms with Crippen molar-refractivity contribution < 1.29 is 13.2 Å². The summed E-state index contributed by atoms with van der Waals surface area (Å²) >= 11 is 12.0. The van der Waals surface area contributed by atoms with Gasteiger partial charge in [-0.1, -0.05) is 23.2 Å². The number of anilines is 3.